The Bertz CT molecular complexity index is 1490. The second kappa shape index (κ2) is 15.8. The van der Waals surface area contributed by atoms with E-state index in [2.05, 4.69) is 124 Å². The van der Waals surface area contributed by atoms with Gasteiger partial charge in [0.05, 0.1) is 0 Å². The smallest absolute Gasteiger partial charge is 1.00 e. The second-order valence-corrected chi connectivity index (χ2v) is 19.2. The fourth-order valence-electron chi connectivity index (χ4n) is 4.92. The van der Waals surface area contributed by atoms with Crippen LogP contribution in [0.3, 0.4) is 0 Å². The summed E-state index contributed by atoms with van der Waals surface area (Å²) in [6, 6.07) is 35.5. The first-order valence-electron chi connectivity index (χ1n) is 13.2. The van der Waals surface area contributed by atoms with Crippen molar-refractivity contribution in [1.82, 2.24) is 0 Å². The molecule has 0 saturated carbocycles. The summed E-state index contributed by atoms with van der Waals surface area (Å²) in [5.41, 5.74) is 3.14. The zero-order valence-electron chi connectivity index (χ0n) is 22.8. The van der Waals surface area contributed by atoms with Crippen molar-refractivity contribution in [3.05, 3.63) is 108 Å². The summed E-state index contributed by atoms with van der Waals surface area (Å²) < 4.78 is 0. The molecule has 0 spiro atoms. The van der Waals surface area contributed by atoms with Gasteiger partial charge in [0.15, 0.2) is 0 Å². The molecule has 0 heterocycles. The number of aryl methyl sites for hydroxylation is 2. The average molecular weight is 635 g/mol. The standard InChI is InChI=1S/2C16H15.C2H6Si.2ClH.Zr/c2*1-2-5-12-10-14-9-8-13-6-3-4-7-15(13)16(14)11-12;1-3-2;;;/h2*3-4,6-11H,2,5H2,1H3;1-2H3;2*1H;/q2*-1;;;;+2/p-2. The van der Waals surface area contributed by atoms with Crippen molar-refractivity contribution in [2.24, 2.45) is 0 Å². The van der Waals surface area contributed by atoms with Gasteiger partial charge in [-0.25, -0.2) is 0 Å². The third-order valence-electron chi connectivity index (χ3n) is 6.43. The van der Waals surface area contributed by atoms with E-state index in [1.54, 1.807) is 23.3 Å². The van der Waals surface area contributed by atoms with E-state index < -0.39 is 0 Å². The van der Waals surface area contributed by atoms with E-state index in [4.69, 9.17) is 0 Å². The Labute approximate surface area is 255 Å². The van der Waals surface area contributed by atoms with E-state index in [0.717, 1.165) is 0 Å². The van der Waals surface area contributed by atoms with E-state index in [1.165, 1.54) is 79.9 Å². The van der Waals surface area contributed by atoms with Crippen LogP contribution in [0.1, 0.15) is 37.8 Å². The molecule has 0 atom stereocenters. The summed E-state index contributed by atoms with van der Waals surface area (Å²) in [5.74, 6) is 0. The Kier molecular flexibility index (Phi) is 13.5. The summed E-state index contributed by atoms with van der Waals surface area (Å²) in [5, 5.41) is 11.0. The minimum Gasteiger partial charge on any atom is -1.00 e. The molecule has 0 aliphatic heterocycles. The van der Waals surface area contributed by atoms with Gasteiger partial charge in [-0.05, 0) is 12.8 Å². The van der Waals surface area contributed by atoms with E-state index in [1.807, 2.05) is 0 Å². The molecule has 38 heavy (non-hydrogen) atoms. The van der Waals surface area contributed by atoms with Crippen LogP contribution in [-0.4, -0.2) is 5.43 Å². The minimum absolute atomic E-state index is 0. The Hall–Kier alpha value is -1.70. The molecule has 0 saturated heterocycles. The third kappa shape index (κ3) is 8.15. The van der Waals surface area contributed by atoms with Crippen LogP contribution in [0, 0.1) is 0 Å². The molecule has 0 unspecified atom stereocenters. The first kappa shape index (κ1) is 32.5. The first-order chi connectivity index (χ1) is 17.5. The molecule has 0 nitrogen and oxygen atoms in total. The van der Waals surface area contributed by atoms with Crippen molar-refractivity contribution in [3.63, 3.8) is 0 Å². The Balaban J connectivity index is 0.000000224. The number of benzene rings is 4. The molecule has 0 amide bonds. The van der Waals surface area contributed by atoms with E-state index in [-0.39, 0.29) is 30.2 Å². The van der Waals surface area contributed by atoms with E-state index in [9.17, 15) is 0 Å². The average Bonchev–Trinajstić information content (AvgIpc) is 3.48. The summed E-state index contributed by atoms with van der Waals surface area (Å²) in [4.78, 5) is 0. The van der Waals surface area contributed by atoms with Crippen LogP contribution in [-0.2, 0) is 36.2 Å². The SMILES string of the molecule is CCCc1cc2ccc3ccccc3c2[cH-]1.CCCc1cc2ccc3ccccc3c2[cH-]1.C[Si](C)=[Zr+2].[Cl-].[Cl-]. The fraction of sp³-hybridized carbons (Fsp3) is 0.235. The molecular formula is C34H36Cl2SiZr-2. The number of rotatable bonds is 4. The molecule has 0 N–H and O–H groups in total. The van der Waals surface area contributed by atoms with E-state index in [0.29, 0.717) is 0 Å². The fourth-order valence-corrected chi connectivity index (χ4v) is 4.92. The van der Waals surface area contributed by atoms with Crippen LogP contribution < -0.4 is 24.8 Å². The van der Waals surface area contributed by atoms with Gasteiger partial charge in [0.1, 0.15) is 0 Å². The van der Waals surface area contributed by atoms with Crippen molar-refractivity contribution in [2.45, 2.75) is 52.6 Å². The monoisotopic (exact) mass is 632 g/mol. The number of halogens is 2. The Morgan fingerprint density at radius 3 is 1.29 bits per heavy atom. The molecule has 6 rings (SSSR count). The Morgan fingerprint density at radius 1 is 0.579 bits per heavy atom. The molecule has 0 bridgehead atoms. The molecule has 6 aromatic rings. The molecular weight excluding hydrogens is 599 g/mol. The van der Waals surface area contributed by atoms with Crippen LogP contribution in [0.2, 0.25) is 13.1 Å². The van der Waals surface area contributed by atoms with Gasteiger partial charge in [-0.3, -0.25) is 0 Å². The van der Waals surface area contributed by atoms with Crippen LogP contribution in [0.25, 0.3) is 43.1 Å². The molecule has 0 aliphatic carbocycles. The van der Waals surface area contributed by atoms with Gasteiger partial charge in [-0.2, -0.15) is 12.1 Å². The van der Waals surface area contributed by atoms with Crippen molar-refractivity contribution in [1.29, 1.82) is 0 Å². The summed E-state index contributed by atoms with van der Waals surface area (Å²) in [6.45, 7) is 9.08. The van der Waals surface area contributed by atoms with Crippen LogP contribution >= 0.6 is 0 Å². The zero-order valence-corrected chi connectivity index (χ0v) is 27.8. The van der Waals surface area contributed by atoms with Gasteiger partial charge in [0.2, 0.25) is 0 Å². The second-order valence-electron chi connectivity index (χ2n) is 9.81. The number of hydrogen-bond donors (Lipinski definition) is 0. The van der Waals surface area contributed by atoms with E-state index >= 15 is 0 Å². The molecule has 196 valence electrons. The molecule has 6 aromatic carbocycles. The van der Waals surface area contributed by atoms with Gasteiger partial charge < -0.3 is 24.8 Å². The maximum Gasteiger partial charge on any atom is -1.00 e. The maximum absolute atomic E-state index is 2.35. The summed E-state index contributed by atoms with van der Waals surface area (Å²) in [6.07, 6.45) is 4.80. The molecule has 0 radical (unpaired) electrons. The number of hydrogen-bond acceptors (Lipinski definition) is 0. The van der Waals surface area contributed by atoms with Crippen LogP contribution in [0.5, 0.6) is 0 Å². The molecule has 0 fully saturated rings. The quantitative estimate of drug-likeness (QED) is 0.202. The van der Waals surface area contributed by atoms with Crippen LogP contribution in [0.15, 0.2) is 97.1 Å². The van der Waals surface area contributed by atoms with Crippen molar-refractivity contribution >= 4 is 48.5 Å². The predicted molar refractivity (Wildman–Crippen MR) is 160 cm³/mol. The van der Waals surface area contributed by atoms with Gasteiger partial charge in [-0.15, -0.1) is 56.9 Å². The minimum atomic E-state index is 0. The van der Waals surface area contributed by atoms with Gasteiger partial charge >= 0.3 is 41.9 Å². The third-order valence-corrected chi connectivity index (χ3v) is 6.43. The predicted octanol–water partition coefficient (Wildman–Crippen LogP) is 4.12. The van der Waals surface area contributed by atoms with Gasteiger partial charge in [0.25, 0.3) is 0 Å². The maximum atomic E-state index is 2.35. The molecule has 0 aliphatic rings. The largest absolute Gasteiger partial charge is 1.00 e. The molecule has 0 aromatic heterocycles. The van der Waals surface area contributed by atoms with Crippen LogP contribution in [0.4, 0.5) is 0 Å². The summed E-state index contributed by atoms with van der Waals surface area (Å²) in [7, 11) is 0. The Morgan fingerprint density at radius 2 is 0.921 bits per heavy atom. The molecule has 4 heteroatoms. The van der Waals surface area contributed by atoms with Gasteiger partial charge in [-0.1, -0.05) is 109 Å². The topological polar surface area (TPSA) is 0 Å². The van der Waals surface area contributed by atoms with Crippen molar-refractivity contribution in [3.8, 4) is 0 Å². The van der Waals surface area contributed by atoms with Crippen molar-refractivity contribution < 1.29 is 48.1 Å². The number of fused-ring (bicyclic) bond motifs is 6. The first-order valence-corrected chi connectivity index (χ1v) is 19.3. The van der Waals surface area contributed by atoms with Gasteiger partial charge in [0, 0.05) is 0 Å². The zero-order chi connectivity index (χ0) is 25.5. The normalized spacial score (nSPS) is 10.3. The summed E-state index contributed by atoms with van der Waals surface area (Å²) >= 11 is 1.74. The van der Waals surface area contributed by atoms with Crippen molar-refractivity contribution in [2.75, 3.05) is 0 Å².